The second-order valence-corrected chi connectivity index (χ2v) is 7.57. The largest absolute Gasteiger partial charge is 0.573 e. The van der Waals surface area contributed by atoms with Gasteiger partial charge in [-0.15, -0.1) is 13.2 Å². The third-order valence-electron chi connectivity index (χ3n) is 4.56. The minimum absolute atomic E-state index is 0.0607. The Hall–Kier alpha value is -3.86. The maximum atomic E-state index is 12.6. The van der Waals surface area contributed by atoms with Gasteiger partial charge < -0.3 is 15.4 Å². The summed E-state index contributed by atoms with van der Waals surface area (Å²) in [6.07, 6.45) is -0.486. The maximum absolute atomic E-state index is 12.6. The van der Waals surface area contributed by atoms with Gasteiger partial charge in [0, 0.05) is 30.4 Å². The molecule has 0 atom stereocenters. The van der Waals surface area contributed by atoms with Crippen LogP contribution in [0.25, 0.3) is 11.1 Å². The number of hydrogen-bond donors (Lipinski definition) is 2. The molecule has 3 aromatic rings. The summed E-state index contributed by atoms with van der Waals surface area (Å²) in [5, 5.41) is 5.60. The summed E-state index contributed by atoms with van der Waals surface area (Å²) in [4.78, 5) is 37.2. The Morgan fingerprint density at radius 2 is 1.88 bits per heavy atom. The second kappa shape index (κ2) is 10.8. The lowest BCUT2D eigenvalue weighted by molar-refractivity contribution is -0.274. The van der Waals surface area contributed by atoms with E-state index in [1.807, 2.05) is 0 Å². The van der Waals surface area contributed by atoms with Crippen molar-refractivity contribution in [3.8, 4) is 16.9 Å². The van der Waals surface area contributed by atoms with Crippen LogP contribution in [0.4, 0.5) is 18.9 Å². The quantitative estimate of drug-likeness (QED) is 0.453. The molecule has 1 amide bonds. The van der Waals surface area contributed by atoms with E-state index in [-0.39, 0.29) is 29.6 Å². The van der Waals surface area contributed by atoms with E-state index >= 15 is 0 Å². The molecule has 8 nitrogen and oxygen atoms in total. The monoisotopic (exact) mass is 473 g/mol. The Labute approximate surface area is 193 Å². The highest BCUT2D eigenvalue weighted by atomic mass is 19.4. The topological polar surface area (TPSA) is 106 Å². The van der Waals surface area contributed by atoms with Gasteiger partial charge >= 0.3 is 6.36 Å². The zero-order chi connectivity index (χ0) is 24.7. The van der Waals surface area contributed by atoms with E-state index in [1.165, 1.54) is 36.8 Å². The number of pyridine rings is 1. The molecule has 3 rings (SSSR count). The fraction of sp³-hybridized carbons (Fsp3) is 0.261. The molecule has 1 aromatic carbocycles. The molecule has 0 spiro atoms. The van der Waals surface area contributed by atoms with Gasteiger partial charge in [-0.1, -0.05) is 26.0 Å². The first-order chi connectivity index (χ1) is 16.1. The molecule has 178 valence electrons. The molecule has 0 aliphatic rings. The highest BCUT2D eigenvalue weighted by molar-refractivity contribution is 6.05. The Morgan fingerprint density at radius 3 is 2.56 bits per heavy atom. The zero-order valence-electron chi connectivity index (χ0n) is 18.4. The van der Waals surface area contributed by atoms with Crippen LogP contribution in [0.15, 0.2) is 55.1 Å². The SMILES string of the molecule is CC(C)C(=O)c1ncc(-c2cccc(OC(F)(F)F)c2)cc1NC(=O)CNCc1ccncn1. The Bertz CT molecular complexity index is 1150. The first-order valence-electron chi connectivity index (χ1n) is 10.3. The van der Waals surface area contributed by atoms with Crippen molar-refractivity contribution in [3.05, 3.63) is 66.5 Å². The minimum atomic E-state index is -4.83. The van der Waals surface area contributed by atoms with E-state index < -0.39 is 18.0 Å². The molecule has 2 N–H and O–H groups in total. The van der Waals surface area contributed by atoms with Crippen LogP contribution in [-0.4, -0.2) is 39.5 Å². The summed E-state index contributed by atoms with van der Waals surface area (Å²) >= 11 is 0. The lowest BCUT2D eigenvalue weighted by Gasteiger charge is -2.14. The van der Waals surface area contributed by atoms with Crippen LogP contribution in [0, 0.1) is 5.92 Å². The molecule has 2 heterocycles. The van der Waals surface area contributed by atoms with E-state index in [0.29, 0.717) is 23.4 Å². The Kier molecular flexibility index (Phi) is 7.90. The van der Waals surface area contributed by atoms with Gasteiger partial charge in [0.1, 0.15) is 17.8 Å². The van der Waals surface area contributed by atoms with Crippen LogP contribution in [-0.2, 0) is 11.3 Å². The van der Waals surface area contributed by atoms with Gasteiger partial charge in [0.2, 0.25) is 5.91 Å². The molecule has 0 fully saturated rings. The molecule has 0 radical (unpaired) electrons. The van der Waals surface area contributed by atoms with E-state index in [0.717, 1.165) is 0 Å². The Morgan fingerprint density at radius 1 is 1.09 bits per heavy atom. The lowest BCUT2D eigenvalue weighted by atomic mass is 10.0. The first kappa shape index (κ1) is 24.8. The number of ketones is 1. The number of anilines is 1. The number of hydrogen-bond acceptors (Lipinski definition) is 7. The molecular formula is C23H22F3N5O3. The number of carbonyl (C=O) groups is 2. The lowest BCUT2D eigenvalue weighted by Crippen LogP contribution is -2.29. The zero-order valence-corrected chi connectivity index (χ0v) is 18.4. The maximum Gasteiger partial charge on any atom is 0.573 e. The summed E-state index contributed by atoms with van der Waals surface area (Å²) < 4.78 is 41.7. The van der Waals surface area contributed by atoms with Crippen LogP contribution < -0.4 is 15.4 Å². The summed E-state index contributed by atoms with van der Waals surface area (Å²) in [6, 6.07) is 8.54. The number of aromatic nitrogens is 3. The number of nitrogens with one attached hydrogen (secondary N) is 2. The van der Waals surface area contributed by atoms with Crippen LogP contribution >= 0.6 is 0 Å². The van der Waals surface area contributed by atoms with Crippen LogP contribution in [0.1, 0.15) is 30.0 Å². The summed E-state index contributed by atoms with van der Waals surface area (Å²) in [6.45, 7) is 3.66. The van der Waals surface area contributed by atoms with Crippen molar-refractivity contribution in [3.63, 3.8) is 0 Å². The van der Waals surface area contributed by atoms with Gasteiger partial charge in [-0.2, -0.15) is 0 Å². The average molecular weight is 473 g/mol. The summed E-state index contributed by atoms with van der Waals surface area (Å²) in [5.41, 5.74) is 1.69. The number of rotatable bonds is 9. The molecule has 34 heavy (non-hydrogen) atoms. The normalized spacial score (nSPS) is 11.4. The average Bonchev–Trinajstić information content (AvgIpc) is 2.78. The molecule has 2 aromatic heterocycles. The fourth-order valence-corrected chi connectivity index (χ4v) is 2.98. The van der Waals surface area contributed by atoms with Crippen molar-refractivity contribution >= 4 is 17.4 Å². The highest BCUT2D eigenvalue weighted by Gasteiger charge is 2.31. The fourth-order valence-electron chi connectivity index (χ4n) is 2.98. The smallest absolute Gasteiger partial charge is 0.406 e. The predicted octanol–water partition coefficient (Wildman–Crippen LogP) is 4.00. The van der Waals surface area contributed by atoms with Crippen molar-refractivity contribution in [2.45, 2.75) is 26.8 Å². The highest BCUT2D eigenvalue weighted by Crippen LogP contribution is 2.30. The number of alkyl halides is 3. The summed E-state index contributed by atoms with van der Waals surface area (Å²) in [7, 11) is 0. The van der Waals surface area contributed by atoms with Crippen molar-refractivity contribution in [1.29, 1.82) is 0 Å². The predicted molar refractivity (Wildman–Crippen MR) is 118 cm³/mol. The standard InChI is InChI=1S/C23H22F3N5O3/c1-14(2)22(33)21-19(31-20(32)12-28-11-17-6-7-27-13-30-17)9-16(10-29-21)15-4-3-5-18(8-15)34-23(24,25)26/h3-10,13-14,28H,11-12H2,1-2H3,(H,31,32). The van der Waals surface area contributed by atoms with Crippen molar-refractivity contribution in [2.24, 2.45) is 5.92 Å². The van der Waals surface area contributed by atoms with Gasteiger partial charge in [0.15, 0.2) is 5.78 Å². The number of Topliss-reactive ketones (excluding diaryl/α,β-unsaturated/α-hetero) is 1. The van der Waals surface area contributed by atoms with Crippen LogP contribution in [0.2, 0.25) is 0 Å². The second-order valence-electron chi connectivity index (χ2n) is 7.57. The van der Waals surface area contributed by atoms with E-state index in [4.69, 9.17) is 0 Å². The molecule has 0 unspecified atom stereocenters. The number of halogens is 3. The van der Waals surface area contributed by atoms with Gasteiger partial charge in [0.05, 0.1) is 17.9 Å². The van der Waals surface area contributed by atoms with Crippen LogP contribution in [0.3, 0.4) is 0 Å². The molecular weight excluding hydrogens is 451 g/mol. The molecule has 0 bridgehead atoms. The van der Waals surface area contributed by atoms with E-state index in [9.17, 15) is 22.8 Å². The number of carbonyl (C=O) groups excluding carboxylic acids is 2. The molecule has 0 aliphatic heterocycles. The molecule has 11 heteroatoms. The molecule has 0 saturated carbocycles. The number of ether oxygens (including phenoxy) is 1. The number of benzene rings is 1. The minimum Gasteiger partial charge on any atom is -0.406 e. The number of amides is 1. The first-order valence-corrected chi connectivity index (χ1v) is 10.3. The van der Waals surface area contributed by atoms with Crippen molar-refractivity contribution in [1.82, 2.24) is 20.3 Å². The van der Waals surface area contributed by atoms with Gasteiger partial charge in [-0.3, -0.25) is 14.6 Å². The van der Waals surface area contributed by atoms with Crippen molar-refractivity contribution < 1.29 is 27.5 Å². The van der Waals surface area contributed by atoms with Crippen LogP contribution in [0.5, 0.6) is 5.75 Å². The van der Waals surface area contributed by atoms with Crippen molar-refractivity contribution in [2.75, 3.05) is 11.9 Å². The van der Waals surface area contributed by atoms with Gasteiger partial charge in [-0.25, -0.2) is 9.97 Å². The van der Waals surface area contributed by atoms with E-state index in [2.05, 4.69) is 30.3 Å². The summed E-state index contributed by atoms with van der Waals surface area (Å²) in [5.74, 6) is -1.50. The third-order valence-corrected chi connectivity index (χ3v) is 4.56. The Balaban J connectivity index is 1.81. The van der Waals surface area contributed by atoms with E-state index in [1.54, 1.807) is 32.2 Å². The number of nitrogens with zero attached hydrogens (tertiary/aromatic N) is 3. The third kappa shape index (κ3) is 7.07. The molecule has 0 saturated heterocycles. The van der Waals surface area contributed by atoms with Gasteiger partial charge in [0.25, 0.3) is 0 Å². The molecule has 0 aliphatic carbocycles. The van der Waals surface area contributed by atoms with Gasteiger partial charge in [-0.05, 0) is 29.8 Å².